The van der Waals surface area contributed by atoms with Crippen LogP contribution in [0.15, 0.2) is 54.9 Å². The Morgan fingerprint density at radius 1 is 1.15 bits per heavy atom. The van der Waals surface area contributed by atoms with E-state index < -0.39 is 5.82 Å². The van der Waals surface area contributed by atoms with Gasteiger partial charge in [0.15, 0.2) is 11.5 Å². The molecule has 1 fully saturated rings. The maximum Gasteiger partial charge on any atom is 0.298 e. The zero-order valence-corrected chi connectivity index (χ0v) is 23.6. The molecule has 0 spiro atoms. The highest BCUT2D eigenvalue weighted by Crippen LogP contribution is 2.36. The zero-order chi connectivity index (χ0) is 28.9. The van der Waals surface area contributed by atoms with Gasteiger partial charge in [0, 0.05) is 31.1 Å². The normalized spacial score (nSPS) is 14.7. The molecule has 41 heavy (non-hydrogen) atoms. The van der Waals surface area contributed by atoms with Crippen molar-refractivity contribution in [1.82, 2.24) is 24.2 Å². The number of hydrogen-bond donors (Lipinski definition) is 0. The van der Waals surface area contributed by atoms with Crippen molar-refractivity contribution < 1.29 is 23.4 Å². The van der Waals surface area contributed by atoms with Crippen molar-refractivity contribution in [1.29, 1.82) is 0 Å². The van der Waals surface area contributed by atoms with E-state index in [-0.39, 0.29) is 23.3 Å². The molecule has 0 saturated carbocycles. The van der Waals surface area contributed by atoms with Crippen molar-refractivity contribution in [3.63, 3.8) is 0 Å². The standard InChI is InChI=1S/C31H32FN5O4/c1-5-7-27(38)36-15-14-22(20-36)31-34-30(24-18-33-19-28(37(24)31)40-17-16-35(2)3)21-10-12-23(13-11-21)41-26-9-6-8-25(39-4)29(26)32/h6,8-13,18-19,22H,14-17,20H2,1-4H3/t22-/m1/s1. The number of likely N-dealkylation sites (tertiary alicyclic amines) is 1. The summed E-state index contributed by atoms with van der Waals surface area (Å²) in [4.78, 5) is 25.8. The van der Waals surface area contributed by atoms with Gasteiger partial charge in [-0.25, -0.2) is 4.98 Å². The van der Waals surface area contributed by atoms with Gasteiger partial charge in [-0.1, -0.05) is 12.0 Å². The van der Waals surface area contributed by atoms with Crippen LogP contribution < -0.4 is 14.2 Å². The number of imidazole rings is 1. The fraction of sp³-hybridized carbons (Fsp3) is 0.323. The lowest BCUT2D eigenvalue weighted by molar-refractivity contribution is -0.124. The Labute approximate surface area is 238 Å². The van der Waals surface area contributed by atoms with Gasteiger partial charge in [-0.2, -0.15) is 4.39 Å². The Morgan fingerprint density at radius 2 is 1.93 bits per heavy atom. The smallest absolute Gasteiger partial charge is 0.298 e. The Morgan fingerprint density at radius 3 is 2.66 bits per heavy atom. The minimum atomic E-state index is -0.564. The van der Waals surface area contributed by atoms with Crippen LogP contribution in [-0.2, 0) is 4.79 Å². The minimum Gasteiger partial charge on any atom is -0.494 e. The van der Waals surface area contributed by atoms with Crippen LogP contribution in [0.25, 0.3) is 16.8 Å². The van der Waals surface area contributed by atoms with Crippen LogP contribution in [0.2, 0.25) is 0 Å². The first-order chi connectivity index (χ1) is 19.9. The predicted molar refractivity (Wildman–Crippen MR) is 153 cm³/mol. The molecule has 1 aliphatic heterocycles. The zero-order valence-electron chi connectivity index (χ0n) is 23.6. The number of carbonyl (C=O) groups is 1. The van der Waals surface area contributed by atoms with Crippen LogP contribution in [0.4, 0.5) is 4.39 Å². The van der Waals surface area contributed by atoms with E-state index in [4.69, 9.17) is 19.2 Å². The number of likely N-dealkylation sites (N-methyl/N-ethyl adjacent to an activating group) is 1. The molecule has 1 saturated heterocycles. The number of nitrogens with zero attached hydrogens (tertiary/aromatic N) is 5. The third kappa shape index (κ3) is 5.95. The van der Waals surface area contributed by atoms with Crippen LogP contribution in [0, 0.1) is 17.7 Å². The van der Waals surface area contributed by atoms with E-state index in [1.807, 2.05) is 35.5 Å². The summed E-state index contributed by atoms with van der Waals surface area (Å²) < 4.78 is 33.6. The van der Waals surface area contributed by atoms with E-state index in [0.717, 1.165) is 35.6 Å². The summed E-state index contributed by atoms with van der Waals surface area (Å²) in [5, 5.41) is 0. The van der Waals surface area contributed by atoms with E-state index in [2.05, 4.69) is 16.8 Å². The van der Waals surface area contributed by atoms with E-state index in [0.29, 0.717) is 31.3 Å². The molecular formula is C31H32FN5O4. The van der Waals surface area contributed by atoms with Gasteiger partial charge < -0.3 is 24.0 Å². The first-order valence-electron chi connectivity index (χ1n) is 13.4. The van der Waals surface area contributed by atoms with Gasteiger partial charge in [0.25, 0.3) is 5.91 Å². The lowest BCUT2D eigenvalue weighted by atomic mass is 10.1. The molecule has 212 valence electrons. The number of methoxy groups -OCH3 is 1. The Hall–Kier alpha value is -4.62. The molecule has 3 heterocycles. The molecular weight excluding hydrogens is 525 g/mol. The van der Waals surface area contributed by atoms with Crippen molar-refractivity contribution in [3.8, 4) is 46.2 Å². The summed E-state index contributed by atoms with van der Waals surface area (Å²) in [6, 6.07) is 12.0. The van der Waals surface area contributed by atoms with Crippen molar-refractivity contribution in [2.45, 2.75) is 19.3 Å². The Kier molecular flexibility index (Phi) is 8.36. The number of halogens is 1. The average Bonchev–Trinajstić information content (AvgIpc) is 3.61. The number of ether oxygens (including phenoxy) is 3. The van der Waals surface area contributed by atoms with E-state index in [1.165, 1.54) is 13.2 Å². The minimum absolute atomic E-state index is 0.00361. The van der Waals surface area contributed by atoms with Gasteiger partial charge in [0.05, 0.1) is 30.7 Å². The molecule has 2 aromatic carbocycles. The van der Waals surface area contributed by atoms with E-state index >= 15 is 0 Å². The first kappa shape index (κ1) is 27.9. The number of benzene rings is 2. The van der Waals surface area contributed by atoms with Gasteiger partial charge in [0.1, 0.15) is 18.2 Å². The summed E-state index contributed by atoms with van der Waals surface area (Å²) in [6.45, 7) is 4.01. The number of fused-ring (bicyclic) bond motifs is 1. The number of amides is 1. The Balaban J connectivity index is 1.49. The van der Waals surface area contributed by atoms with Gasteiger partial charge in [-0.15, -0.1) is 0 Å². The molecule has 0 aliphatic carbocycles. The molecule has 0 radical (unpaired) electrons. The van der Waals surface area contributed by atoms with Crippen molar-refractivity contribution in [2.24, 2.45) is 0 Å². The largest absolute Gasteiger partial charge is 0.494 e. The predicted octanol–water partition coefficient (Wildman–Crippen LogP) is 4.62. The number of aromatic nitrogens is 3. The highest BCUT2D eigenvalue weighted by Gasteiger charge is 2.31. The fourth-order valence-corrected chi connectivity index (χ4v) is 4.83. The molecule has 9 nitrogen and oxygen atoms in total. The number of hydrogen-bond acceptors (Lipinski definition) is 7. The van der Waals surface area contributed by atoms with Crippen LogP contribution in [0.3, 0.4) is 0 Å². The number of carbonyl (C=O) groups excluding carboxylic acids is 1. The molecule has 1 aliphatic rings. The third-order valence-electron chi connectivity index (χ3n) is 6.91. The quantitative estimate of drug-likeness (QED) is 0.278. The SMILES string of the molecule is CC#CC(=O)N1CC[C@@H](c2nc(-c3ccc(Oc4cccc(OC)c4F)cc3)c3cncc(OCCN(C)C)n23)C1. The van der Waals surface area contributed by atoms with Crippen LogP contribution >= 0.6 is 0 Å². The molecule has 1 amide bonds. The molecule has 4 aromatic rings. The summed E-state index contributed by atoms with van der Waals surface area (Å²) in [5.41, 5.74) is 2.35. The fourth-order valence-electron chi connectivity index (χ4n) is 4.83. The van der Waals surface area contributed by atoms with Gasteiger partial charge in [-0.05, 0) is 69.8 Å². The Bertz CT molecular complexity index is 1610. The second-order valence-electron chi connectivity index (χ2n) is 9.95. The van der Waals surface area contributed by atoms with Crippen LogP contribution in [-0.4, -0.2) is 77.5 Å². The van der Waals surface area contributed by atoms with Gasteiger partial charge >= 0.3 is 0 Å². The summed E-state index contributed by atoms with van der Waals surface area (Å²) in [5.74, 6) is 6.63. The summed E-state index contributed by atoms with van der Waals surface area (Å²) >= 11 is 0. The highest BCUT2D eigenvalue weighted by molar-refractivity contribution is 5.93. The molecule has 0 unspecified atom stereocenters. The van der Waals surface area contributed by atoms with Crippen LogP contribution in [0.5, 0.6) is 23.1 Å². The summed E-state index contributed by atoms with van der Waals surface area (Å²) in [7, 11) is 5.39. The molecule has 1 atom stereocenters. The van der Waals surface area contributed by atoms with E-state index in [1.54, 1.807) is 48.5 Å². The topological polar surface area (TPSA) is 81.4 Å². The van der Waals surface area contributed by atoms with E-state index in [9.17, 15) is 9.18 Å². The van der Waals surface area contributed by atoms with Crippen molar-refractivity contribution >= 4 is 11.4 Å². The molecule has 0 N–H and O–H groups in total. The number of rotatable bonds is 9. The lowest BCUT2D eigenvalue weighted by Crippen LogP contribution is -2.27. The second-order valence-corrected chi connectivity index (χ2v) is 9.95. The summed E-state index contributed by atoms with van der Waals surface area (Å²) in [6.07, 6.45) is 4.22. The van der Waals surface area contributed by atoms with Crippen LogP contribution in [0.1, 0.15) is 25.1 Å². The first-order valence-corrected chi connectivity index (χ1v) is 13.4. The van der Waals surface area contributed by atoms with Crippen molar-refractivity contribution in [2.75, 3.05) is 47.4 Å². The molecule has 0 bridgehead atoms. The molecule has 5 rings (SSSR count). The molecule has 10 heteroatoms. The van der Waals surface area contributed by atoms with Crippen molar-refractivity contribution in [3.05, 3.63) is 66.5 Å². The maximum absolute atomic E-state index is 14.6. The maximum atomic E-state index is 14.6. The lowest BCUT2D eigenvalue weighted by Gasteiger charge is -2.15. The highest BCUT2D eigenvalue weighted by atomic mass is 19.1. The molecule has 2 aromatic heterocycles. The monoisotopic (exact) mass is 557 g/mol. The third-order valence-corrected chi connectivity index (χ3v) is 6.91. The van der Waals surface area contributed by atoms with Gasteiger partial charge in [0.2, 0.25) is 11.7 Å². The second kappa shape index (κ2) is 12.3. The average molecular weight is 558 g/mol. The van der Waals surface area contributed by atoms with Gasteiger partial charge in [-0.3, -0.25) is 14.2 Å².